The zero-order chi connectivity index (χ0) is 4.50. The van der Waals surface area contributed by atoms with Gasteiger partial charge in [0.25, 0.3) is 0 Å². The Bertz CT molecular complexity index is 25.1. The van der Waals surface area contributed by atoms with Crippen LogP contribution >= 0.6 is 10.8 Å². The predicted molar refractivity (Wildman–Crippen MR) is 23.0 cm³/mol. The molecule has 0 amide bonds. The fraction of sp³-hybridized carbons (Fsp3) is 1.00. The van der Waals surface area contributed by atoms with Gasteiger partial charge in [-0.05, 0) is 0 Å². The lowest BCUT2D eigenvalue weighted by Gasteiger charge is -2.17. The lowest BCUT2D eigenvalue weighted by Crippen LogP contribution is -2.03. The van der Waals surface area contributed by atoms with Crippen molar-refractivity contribution in [2.45, 2.75) is 0 Å². The van der Waals surface area contributed by atoms with Crippen LogP contribution in [0.25, 0.3) is 0 Å². The zero-order valence-electron chi connectivity index (χ0n) is 2.88. The quantitative estimate of drug-likeness (QED) is 0.405. The summed E-state index contributed by atoms with van der Waals surface area (Å²) in [5.41, 5.74) is 0. The zero-order valence-corrected chi connectivity index (χ0v) is 3.70. The first-order valence-electron chi connectivity index (χ1n) is 1.01. The topological polar surface area (TPSA) is 66.5 Å². The maximum absolute atomic E-state index is 7.94. The van der Waals surface area contributed by atoms with Crippen molar-refractivity contribution in [3.63, 3.8) is 0 Å². The van der Waals surface area contributed by atoms with Crippen LogP contribution in [0.2, 0.25) is 0 Å². The number of nitrogens with two attached hydrogens (primary N) is 1. The predicted octanol–water partition coefficient (Wildman–Crippen LogP) is 0.241. The molecule has 4 heteroatoms. The molecule has 0 radical (unpaired) electrons. The van der Waals surface area contributed by atoms with Crippen LogP contribution in [0, 0.1) is 0 Å². The first-order chi connectivity index (χ1) is 2.00. The standard InChI is InChI=1S/CH7NO2S/c1-5(2,3)4/h3-4H,2H2,1H3. The Kier molecular flexibility index (Phi) is 1.19. The first kappa shape index (κ1) is 5.23. The van der Waals surface area contributed by atoms with E-state index in [9.17, 15) is 0 Å². The van der Waals surface area contributed by atoms with Gasteiger partial charge in [0.2, 0.25) is 0 Å². The van der Waals surface area contributed by atoms with E-state index in [2.05, 4.69) is 5.14 Å². The number of hydrogen-bond acceptors (Lipinski definition) is 3. The summed E-state index contributed by atoms with van der Waals surface area (Å²) in [6.07, 6.45) is 1.16. The molecule has 0 fully saturated rings. The van der Waals surface area contributed by atoms with Gasteiger partial charge < -0.3 is 0 Å². The Balaban J connectivity index is 3.02. The first-order valence-corrected chi connectivity index (χ1v) is 3.03. The van der Waals surface area contributed by atoms with Gasteiger partial charge in [-0.1, -0.05) is 0 Å². The minimum absolute atomic E-state index is 1.16. The van der Waals surface area contributed by atoms with Gasteiger partial charge in [0.05, 0.1) is 0 Å². The Morgan fingerprint density at radius 2 is 1.60 bits per heavy atom. The summed E-state index contributed by atoms with van der Waals surface area (Å²) in [5, 5.41) is 4.55. The van der Waals surface area contributed by atoms with E-state index in [1.54, 1.807) is 0 Å². The third-order valence-electron chi connectivity index (χ3n) is 0. The highest BCUT2D eigenvalue weighted by atomic mass is 32.3. The highest BCUT2D eigenvalue weighted by Crippen LogP contribution is 2.19. The van der Waals surface area contributed by atoms with E-state index in [1.165, 1.54) is 0 Å². The van der Waals surface area contributed by atoms with E-state index in [0.29, 0.717) is 0 Å². The molecule has 0 unspecified atom stereocenters. The fourth-order valence-electron chi connectivity index (χ4n) is 0. The molecule has 0 aromatic heterocycles. The lowest BCUT2D eigenvalue weighted by atomic mass is 12.0. The summed E-state index contributed by atoms with van der Waals surface area (Å²) in [4.78, 5) is 0. The molecule has 0 saturated carbocycles. The van der Waals surface area contributed by atoms with Crippen molar-refractivity contribution < 1.29 is 9.11 Å². The highest BCUT2D eigenvalue weighted by molar-refractivity contribution is 8.21. The Morgan fingerprint density at radius 1 is 1.60 bits per heavy atom. The molecule has 0 atom stereocenters. The minimum Gasteiger partial charge on any atom is -0.286 e. The van der Waals surface area contributed by atoms with Gasteiger partial charge >= 0.3 is 0 Å². The molecule has 5 heavy (non-hydrogen) atoms. The largest absolute Gasteiger partial charge is 0.286 e. The molecule has 0 aliphatic carbocycles. The van der Waals surface area contributed by atoms with Gasteiger partial charge in [0.15, 0.2) is 0 Å². The SMILES string of the molecule is CS(N)(O)O. The van der Waals surface area contributed by atoms with Gasteiger partial charge in [-0.15, -0.1) is 10.8 Å². The maximum atomic E-state index is 7.94. The maximum Gasteiger partial charge on any atom is 0.0413 e. The highest BCUT2D eigenvalue weighted by Gasteiger charge is 1.84. The summed E-state index contributed by atoms with van der Waals surface area (Å²) in [6.45, 7) is 0. The molecule has 0 aromatic rings. The van der Waals surface area contributed by atoms with Crippen molar-refractivity contribution in [1.29, 1.82) is 0 Å². The van der Waals surface area contributed by atoms with Crippen molar-refractivity contribution >= 4 is 10.8 Å². The van der Waals surface area contributed by atoms with Crippen molar-refractivity contribution in [2.24, 2.45) is 5.14 Å². The molecular formula is CH7NO2S. The van der Waals surface area contributed by atoms with Crippen LogP contribution in [0.1, 0.15) is 0 Å². The average molecular weight is 97.1 g/mol. The van der Waals surface area contributed by atoms with E-state index in [0.717, 1.165) is 6.26 Å². The smallest absolute Gasteiger partial charge is 0.0413 e. The third-order valence-corrected chi connectivity index (χ3v) is 0. The summed E-state index contributed by atoms with van der Waals surface area (Å²) >= 11 is 0. The van der Waals surface area contributed by atoms with Crippen molar-refractivity contribution in [3.05, 3.63) is 0 Å². The normalized spacial score (nSPS) is 15.2. The lowest BCUT2D eigenvalue weighted by molar-refractivity contribution is 0.497. The monoisotopic (exact) mass is 97.0 g/mol. The van der Waals surface area contributed by atoms with E-state index < -0.39 is 10.8 Å². The molecule has 4 N–H and O–H groups in total. The van der Waals surface area contributed by atoms with E-state index in [1.807, 2.05) is 0 Å². The molecule has 0 saturated heterocycles. The van der Waals surface area contributed by atoms with Crippen LogP contribution in [0.15, 0.2) is 0 Å². The molecule has 0 aliphatic rings. The van der Waals surface area contributed by atoms with Crippen LogP contribution in [0.4, 0.5) is 0 Å². The molecule has 34 valence electrons. The van der Waals surface area contributed by atoms with Gasteiger partial charge in [0, 0.05) is 6.26 Å². The van der Waals surface area contributed by atoms with Crippen LogP contribution in [0.5, 0.6) is 0 Å². The Labute approximate surface area is 32.3 Å². The summed E-state index contributed by atoms with van der Waals surface area (Å²) < 4.78 is 15.9. The molecular weight excluding hydrogens is 90.1 g/mol. The molecule has 0 spiro atoms. The molecule has 0 aromatic carbocycles. The fourth-order valence-corrected chi connectivity index (χ4v) is 0. The van der Waals surface area contributed by atoms with E-state index in [-0.39, 0.29) is 0 Å². The second kappa shape index (κ2) is 1.14. The van der Waals surface area contributed by atoms with Crippen molar-refractivity contribution in [1.82, 2.24) is 0 Å². The summed E-state index contributed by atoms with van der Waals surface area (Å²) in [7, 11) is -2.67. The molecule has 0 bridgehead atoms. The van der Waals surface area contributed by atoms with Crippen molar-refractivity contribution in [3.8, 4) is 0 Å². The van der Waals surface area contributed by atoms with Gasteiger partial charge in [0.1, 0.15) is 0 Å². The van der Waals surface area contributed by atoms with Gasteiger partial charge in [-0.3, -0.25) is 9.11 Å². The molecule has 0 heterocycles. The molecule has 0 aliphatic heterocycles. The molecule has 0 rings (SSSR count). The average Bonchev–Trinajstić information content (AvgIpc) is 0.722. The Hall–Kier alpha value is 0.230. The third kappa shape index (κ3) is 398. The van der Waals surface area contributed by atoms with Crippen molar-refractivity contribution in [2.75, 3.05) is 6.26 Å². The van der Waals surface area contributed by atoms with Gasteiger partial charge in [-0.25, -0.2) is 5.14 Å². The van der Waals surface area contributed by atoms with E-state index >= 15 is 0 Å². The van der Waals surface area contributed by atoms with Crippen LogP contribution in [0.3, 0.4) is 0 Å². The second-order valence-electron chi connectivity index (χ2n) is 0.893. The summed E-state index contributed by atoms with van der Waals surface area (Å²) in [6, 6.07) is 0. The van der Waals surface area contributed by atoms with Crippen LogP contribution in [-0.4, -0.2) is 15.4 Å². The number of hydrogen-bond donors (Lipinski definition) is 3. The molecule has 3 nitrogen and oxygen atoms in total. The Morgan fingerprint density at radius 3 is 1.60 bits per heavy atom. The van der Waals surface area contributed by atoms with Gasteiger partial charge in [-0.2, -0.15) is 0 Å². The van der Waals surface area contributed by atoms with Crippen LogP contribution < -0.4 is 5.14 Å². The minimum atomic E-state index is -2.67. The van der Waals surface area contributed by atoms with Crippen LogP contribution in [-0.2, 0) is 0 Å². The van der Waals surface area contributed by atoms with E-state index in [4.69, 9.17) is 9.11 Å². The second-order valence-corrected chi connectivity index (χ2v) is 2.68. The number of rotatable bonds is 0. The summed E-state index contributed by atoms with van der Waals surface area (Å²) in [5.74, 6) is 0.